The van der Waals surface area contributed by atoms with E-state index in [4.69, 9.17) is 0 Å². The van der Waals surface area contributed by atoms with Crippen LogP contribution in [0.5, 0.6) is 0 Å². The molecule has 0 saturated carbocycles. The van der Waals surface area contributed by atoms with Gasteiger partial charge in [-0.1, -0.05) is 18.2 Å². The number of likely N-dealkylation sites (N-methyl/N-ethyl adjacent to an activating group) is 1. The standard InChI is InChI=1S/C28H34N6O2/c1-19(2)31-28(36)34-10-8-21(9-11-34)25-18-30-26-24(25)16-23(17-29-26)20-4-6-22(7-5-20)27(35)33-14-12-32(3)13-15-33/h4-8,16-19H,9-15H2,1-3H3,(H,29,30)(H,31,36). The second-order valence-corrected chi connectivity index (χ2v) is 10.0. The molecule has 0 unspecified atom stereocenters. The molecule has 5 rings (SSSR count). The molecule has 2 aromatic heterocycles. The molecule has 2 N–H and O–H groups in total. The predicted molar refractivity (Wildman–Crippen MR) is 143 cm³/mol. The Labute approximate surface area is 212 Å². The summed E-state index contributed by atoms with van der Waals surface area (Å²) in [5.41, 5.74) is 5.96. The fourth-order valence-electron chi connectivity index (χ4n) is 4.86. The monoisotopic (exact) mass is 486 g/mol. The zero-order valence-electron chi connectivity index (χ0n) is 21.3. The second-order valence-electron chi connectivity index (χ2n) is 10.0. The number of urea groups is 1. The molecular weight excluding hydrogens is 452 g/mol. The van der Waals surface area contributed by atoms with E-state index in [9.17, 15) is 9.59 Å². The van der Waals surface area contributed by atoms with Crippen molar-refractivity contribution in [1.82, 2.24) is 30.0 Å². The van der Waals surface area contributed by atoms with Gasteiger partial charge < -0.3 is 25.0 Å². The topological polar surface area (TPSA) is 84.6 Å². The van der Waals surface area contributed by atoms with Crippen LogP contribution >= 0.6 is 0 Å². The van der Waals surface area contributed by atoms with Crippen LogP contribution in [0, 0.1) is 0 Å². The highest BCUT2D eigenvalue weighted by Gasteiger charge is 2.22. The SMILES string of the molecule is CC(C)NC(=O)N1CC=C(c2c[nH]c3ncc(-c4ccc(C(=O)N5CCN(C)CC5)cc4)cc23)CC1. The molecule has 1 saturated heterocycles. The number of pyridine rings is 1. The van der Waals surface area contributed by atoms with E-state index < -0.39 is 0 Å². The molecule has 3 aromatic rings. The van der Waals surface area contributed by atoms with Crippen molar-refractivity contribution in [2.24, 2.45) is 0 Å². The van der Waals surface area contributed by atoms with Crippen molar-refractivity contribution < 1.29 is 9.59 Å². The molecule has 36 heavy (non-hydrogen) atoms. The van der Waals surface area contributed by atoms with Gasteiger partial charge in [0.1, 0.15) is 5.65 Å². The molecule has 4 heterocycles. The van der Waals surface area contributed by atoms with Crippen LogP contribution in [0.3, 0.4) is 0 Å². The van der Waals surface area contributed by atoms with E-state index in [1.54, 1.807) is 0 Å². The highest BCUT2D eigenvalue weighted by molar-refractivity contribution is 5.96. The summed E-state index contributed by atoms with van der Waals surface area (Å²) in [7, 11) is 2.09. The quantitative estimate of drug-likeness (QED) is 0.587. The molecule has 0 aliphatic carbocycles. The first-order chi connectivity index (χ1) is 17.4. The van der Waals surface area contributed by atoms with Crippen LogP contribution < -0.4 is 5.32 Å². The summed E-state index contributed by atoms with van der Waals surface area (Å²) >= 11 is 0. The Balaban J connectivity index is 1.33. The van der Waals surface area contributed by atoms with Crippen molar-refractivity contribution in [3.05, 3.63) is 59.9 Å². The van der Waals surface area contributed by atoms with Crippen LogP contribution in [0.1, 0.15) is 36.2 Å². The van der Waals surface area contributed by atoms with Gasteiger partial charge >= 0.3 is 6.03 Å². The fourth-order valence-corrected chi connectivity index (χ4v) is 4.86. The maximum absolute atomic E-state index is 12.9. The second kappa shape index (κ2) is 10.1. The lowest BCUT2D eigenvalue weighted by Crippen LogP contribution is -2.47. The summed E-state index contributed by atoms with van der Waals surface area (Å²) in [6.45, 7) is 8.58. The number of carbonyl (C=O) groups is 2. The lowest BCUT2D eigenvalue weighted by molar-refractivity contribution is 0.0664. The molecule has 1 aromatic carbocycles. The number of hydrogen-bond donors (Lipinski definition) is 2. The molecular formula is C28H34N6O2. The summed E-state index contributed by atoms with van der Waals surface area (Å²) in [5, 5.41) is 4.03. The molecule has 0 spiro atoms. The Morgan fingerprint density at radius 2 is 1.75 bits per heavy atom. The van der Waals surface area contributed by atoms with Crippen molar-refractivity contribution in [2.75, 3.05) is 46.3 Å². The van der Waals surface area contributed by atoms with E-state index >= 15 is 0 Å². The molecule has 188 valence electrons. The van der Waals surface area contributed by atoms with E-state index in [1.807, 2.05) is 60.3 Å². The number of benzene rings is 1. The van der Waals surface area contributed by atoms with Crippen molar-refractivity contribution in [3.8, 4) is 11.1 Å². The number of rotatable bonds is 4. The number of nitrogens with one attached hydrogen (secondary N) is 2. The number of aromatic amines is 1. The summed E-state index contributed by atoms with van der Waals surface area (Å²) in [5.74, 6) is 0.0940. The summed E-state index contributed by atoms with van der Waals surface area (Å²) in [4.78, 5) is 39.2. The maximum Gasteiger partial charge on any atom is 0.317 e. The van der Waals surface area contributed by atoms with E-state index in [-0.39, 0.29) is 18.0 Å². The molecule has 8 nitrogen and oxygen atoms in total. The molecule has 3 amide bonds. The van der Waals surface area contributed by atoms with E-state index in [0.29, 0.717) is 13.1 Å². The van der Waals surface area contributed by atoms with Gasteiger partial charge in [-0.3, -0.25) is 4.79 Å². The number of carbonyl (C=O) groups excluding carboxylic acids is 2. The van der Waals surface area contributed by atoms with Gasteiger partial charge in [-0.2, -0.15) is 0 Å². The summed E-state index contributed by atoms with van der Waals surface area (Å²) in [6, 6.07) is 10.1. The lowest BCUT2D eigenvalue weighted by atomic mass is 9.98. The number of piperazine rings is 1. The zero-order valence-corrected chi connectivity index (χ0v) is 21.3. The third kappa shape index (κ3) is 4.99. The van der Waals surface area contributed by atoms with Crippen LogP contribution in [0.4, 0.5) is 4.79 Å². The van der Waals surface area contributed by atoms with Crippen molar-refractivity contribution in [2.45, 2.75) is 26.3 Å². The predicted octanol–water partition coefficient (Wildman–Crippen LogP) is 3.82. The smallest absolute Gasteiger partial charge is 0.317 e. The van der Waals surface area contributed by atoms with E-state index in [2.05, 4.69) is 39.4 Å². The number of hydrogen-bond acceptors (Lipinski definition) is 4. The van der Waals surface area contributed by atoms with Gasteiger partial charge in [-0.15, -0.1) is 0 Å². The average Bonchev–Trinajstić information content (AvgIpc) is 3.32. The van der Waals surface area contributed by atoms with Crippen LogP contribution in [0.2, 0.25) is 0 Å². The van der Waals surface area contributed by atoms with Gasteiger partial charge in [0.05, 0.1) is 0 Å². The maximum atomic E-state index is 12.9. The van der Waals surface area contributed by atoms with E-state index in [0.717, 1.165) is 65.9 Å². The molecule has 0 bridgehead atoms. The fraction of sp³-hybridized carbons (Fsp3) is 0.393. The number of aromatic nitrogens is 2. The molecule has 8 heteroatoms. The molecule has 1 fully saturated rings. The normalized spacial score (nSPS) is 16.9. The average molecular weight is 487 g/mol. The van der Waals surface area contributed by atoms with Crippen molar-refractivity contribution >= 4 is 28.5 Å². The van der Waals surface area contributed by atoms with Gasteiger partial charge in [0.25, 0.3) is 5.91 Å². The Hall–Kier alpha value is -3.65. The van der Waals surface area contributed by atoms with Gasteiger partial charge in [-0.05, 0) is 56.7 Å². The number of fused-ring (bicyclic) bond motifs is 1. The van der Waals surface area contributed by atoms with Gasteiger partial charge in [0, 0.05) is 79.8 Å². The highest BCUT2D eigenvalue weighted by Crippen LogP contribution is 2.31. The Morgan fingerprint density at radius 1 is 1.00 bits per heavy atom. The minimum Gasteiger partial charge on any atom is -0.346 e. The van der Waals surface area contributed by atoms with Crippen LogP contribution in [-0.4, -0.2) is 89.0 Å². The highest BCUT2D eigenvalue weighted by atomic mass is 16.2. The Bertz CT molecular complexity index is 1290. The first-order valence-corrected chi connectivity index (χ1v) is 12.7. The lowest BCUT2D eigenvalue weighted by Gasteiger charge is -2.32. The van der Waals surface area contributed by atoms with Crippen LogP contribution in [-0.2, 0) is 0 Å². The number of amides is 3. The third-order valence-corrected chi connectivity index (χ3v) is 7.04. The molecule has 0 radical (unpaired) electrons. The zero-order chi connectivity index (χ0) is 25.2. The van der Waals surface area contributed by atoms with Crippen molar-refractivity contribution in [1.29, 1.82) is 0 Å². The first-order valence-electron chi connectivity index (χ1n) is 12.7. The van der Waals surface area contributed by atoms with Crippen LogP contribution in [0.15, 0.2) is 48.8 Å². The minimum atomic E-state index is -0.0160. The Kier molecular flexibility index (Phi) is 6.78. The molecule has 0 atom stereocenters. The minimum absolute atomic E-state index is 0.0160. The summed E-state index contributed by atoms with van der Waals surface area (Å²) in [6.07, 6.45) is 6.81. The van der Waals surface area contributed by atoms with Gasteiger partial charge in [0.15, 0.2) is 0 Å². The summed E-state index contributed by atoms with van der Waals surface area (Å²) < 4.78 is 0. The molecule has 2 aliphatic rings. The van der Waals surface area contributed by atoms with Gasteiger partial charge in [0.2, 0.25) is 0 Å². The number of nitrogens with zero attached hydrogens (tertiary/aromatic N) is 4. The van der Waals surface area contributed by atoms with E-state index in [1.165, 1.54) is 5.57 Å². The van der Waals surface area contributed by atoms with Gasteiger partial charge in [-0.25, -0.2) is 9.78 Å². The molecule has 2 aliphatic heterocycles. The largest absolute Gasteiger partial charge is 0.346 e. The van der Waals surface area contributed by atoms with Crippen molar-refractivity contribution in [3.63, 3.8) is 0 Å². The number of H-pyrrole nitrogens is 1. The van der Waals surface area contributed by atoms with Crippen LogP contribution in [0.25, 0.3) is 27.7 Å². The Morgan fingerprint density at radius 3 is 2.42 bits per heavy atom. The third-order valence-electron chi connectivity index (χ3n) is 7.04. The first kappa shape index (κ1) is 24.1.